The van der Waals surface area contributed by atoms with Crippen molar-refractivity contribution in [2.24, 2.45) is 0 Å². The van der Waals surface area contributed by atoms with Crippen LogP contribution in [0.5, 0.6) is 0 Å². The Bertz CT molecular complexity index is 403. The third-order valence-electron chi connectivity index (χ3n) is 2.03. The van der Waals surface area contributed by atoms with Crippen LogP contribution in [-0.2, 0) is 4.74 Å². The van der Waals surface area contributed by atoms with E-state index >= 15 is 0 Å². The van der Waals surface area contributed by atoms with Crippen molar-refractivity contribution < 1.29 is 13.9 Å². The van der Waals surface area contributed by atoms with E-state index in [0.717, 1.165) is 0 Å². The van der Waals surface area contributed by atoms with E-state index in [9.17, 15) is 9.18 Å². The van der Waals surface area contributed by atoms with Crippen LogP contribution < -0.4 is 5.32 Å². The number of hydrogen-bond acceptors (Lipinski definition) is 2. The number of benzene rings is 1. The normalized spacial score (nSPS) is 12.2. The predicted molar refractivity (Wildman–Crippen MR) is 68.0 cm³/mol. The Labute approximate surface area is 112 Å². The molecule has 1 aromatic rings. The number of alkyl halides is 1. The number of rotatable bonds is 5. The zero-order valence-corrected chi connectivity index (χ0v) is 11.5. The molecule has 1 rings (SSSR count). The van der Waals surface area contributed by atoms with E-state index in [0.29, 0.717) is 6.61 Å². The van der Waals surface area contributed by atoms with E-state index in [1.807, 2.05) is 0 Å². The van der Waals surface area contributed by atoms with Gasteiger partial charge < -0.3 is 10.1 Å². The Morgan fingerprint density at radius 1 is 1.65 bits per heavy atom. The molecule has 0 saturated heterocycles. The van der Waals surface area contributed by atoms with Gasteiger partial charge in [-0.3, -0.25) is 4.79 Å². The molecule has 1 N–H and O–H groups in total. The molecule has 6 heteroatoms. The summed E-state index contributed by atoms with van der Waals surface area (Å²) >= 11 is 8.88. The van der Waals surface area contributed by atoms with Crippen molar-refractivity contribution in [3.8, 4) is 0 Å². The molecule has 1 amide bonds. The summed E-state index contributed by atoms with van der Waals surface area (Å²) in [5, 5.41) is 2.30. The second kappa shape index (κ2) is 6.93. The topological polar surface area (TPSA) is 38.3 Å². The first-order valence-corrected chi connectivity index (χ1v) is 6.14. The van der Waals surface area contributed by atoms with Crippen molar-refractivity contribution in [2.45, 2.75) is 5.38 Å². The number of nitrogens with one attached hydrogen (secondary N) is 1. The average Bonchev–Trinajstić information content (AvgIpc) is 2.30. The van der Waals surface area contributed by atoms with Crippen LogP contribution >= 0.6 is 27.5 Å². The SMILES string of the molecule is COCC(Cl)CNC(=O)c1cccc(F)c1Br. The van der Waals surface area contributed by atoms with Gasteiger partial charge in [0.15, 0.2) is 0 Å². The Kier molecular flexibility index (Phi) is 5.88. The fraction of sp³-hybridized carbons (Fsp3) is 0.364. The minimum atomic E-state index is -0.475. The second-order valence-corrected chi connectivity index (χ2v) is 4.77. The molecule has 0 saturated carbocycles. The lowest BCUT2D eigenvalue weighted by Gasteiger charge is -2.10. The summed E-state index contributed by atoms with van der Waals surface area (Å²) in [4.78, 5) is 11.7. The van der Waals surface area contributed by atoms with E-state index in [2.05, 4.69) is 21.2 Å². The number of ether oxygens (including phenoxy) is 1. The van der Waals surface area contributed by atoms with Gasteiger partial charge in [0.2, 0.25) is 0 Å². The van der Waals surface area contributed by atoms with Gasteiger partial charge in [-0.15, -0.1) is 11.6 Å². The molecule has 94 valence electrons. The Morgan fingerprint density at radius 3 is 3.00 bits per heavy atom. The summed E-state index contributed by atoms with van der Waals surface area (Å²) in [5.74, 6) is -0.852. The molecule has 17 heavy (non-hydrogen) atoms. The Balaban J connectivity index is 2.61. The van der Waals surface area contributed by atoms with Gasteiger partial charge in [-0.05, 0) is 28.1 Å². The van der Waals surface area contributed by atoms with Crippen LogP contribution in [-0.4, -0.2) is 31.5 Å². The molecule has 1 aromatic carbocycles. The minimum Gasteiger partial charge on any atom is -0.383 e. The number of carbonyl (C=O) groups excluding carboxylic acids is 1. The van der Waals surface area contributed by atoms with Crippen LogP contribution in [0, 0.1) is 5.82 Å². The van der Waals surface area contributed by atoms with Crippen LogP contribution in [0.4, 0.5) is 4.39 Å². The summed E-state index contributed by atoms with van der Waals surface area (Å²) in [6, 6.07) is 4.28. The smallest absolute Gasteiger partial charge is 0.252 e. The third-order valence-corrected chi connectivity index (χ3v) is 3.11. The van der Waals surface area contributed by atoms with Crippen molar-refractivity contribution in [1.29, 1.82) is 0 Å². The first-order chi connectivity index (χ1) is 8.06. The van der Waals surface area contributed by atoms with E-state index in [-0.39, 0.29) is 27.9 Å². The molecule has 1 atom stereocenters. The summed E-state index contributed by atoms with van der Waals surface area (Å²) in [5.41, 5.74) is 0.242. The molecule has 0 radical (unpaired) electrons. The third kappa shape index (κ3) is 4.26. The van der Waals surface area contributed by atoms with Crippen LogP contribution in [0.15, 0.2) is 22.7 Å². The Morgan fingerprint density at radius 2 is 2.35 bits per heavy atom. The molecular formula is C11H12BrClFNO2. The lowest BCUT2D eigenvalue weighted by atomic mass is 10.2. The van der Waals surface area contributed by atoms with Crippen LogP contribution in [0.1, 0.15) is 10.4 Å². The fourth-order valence-corrected chi connectivity index (χ4v) is 1.87. The van der Waals surface area contributed by atoms with E-state index < -0.39 is 5.82 Å². The van der Waals surface area contributed by atoms with Crippen LogP contribution in [0.2, 0.25) is 0 Å². The van der Waals surface area contributed by atoms with Gasteiger partial charge in [0.05, 0.1) is 22.0 Å². The largest absolute Gasteiger partial charge is 0.383 e. The standard InChI is InChI=1S/C11H12BrClFNO2/c1-17-6-7(13)5-15-11(16)8-3-2-4-9(14)10(8)12/h2-4,7H,5-6H2,1H3,(H,15,16). The lowest BCUT2D eigenvalue weighted by molar-refractivity contribution is 0.0948. The highest BCUT2D eigenvalue weighted by atomic mass is 79.9. The molecule has 3 nitrogen and oxygen atoms in total. The lowest BCUT2D eigenvalue weighted by Crippen LogP contribution is -2.31. The van der Waals surface area contributed by atoms with Gasteiger partial charge in [0.1, 0.15) is 5.82 Å². The summed E-state index contributed by atoms with van der Waals surface area (Å²) in [6.45, 7) is 0.601. The molecule has 0 aliphatic heterocycles. The molecule has 0 aliphatic carbocycles. The number of methoxy groups -OCH3 is 1. The minimum absolute atomic E-state index is 0.148. The average molecular weight is 325 g/mol. The first-order valence-electron chi connectivity index (χ1n) is 4.91. The molecular weight excluding hydrogens is 312 g/mol. The van der Waals surface area contributed by atoms with Crippen LogP contribution in [0.25, 0.3) is 0 Å². The van der Waals surface area contributed by atoms with E-state index in [4.69, 9.17) is 16.3 Å². The van der Waals surface area contributed by atoms with E-state index in [1.54, 1.807) is 0 Å². The highest BCUT2D eigenvalue weighted by molar-refractivity contribution is 9.10. The molecule has 0 spiro atoms. The predicted octanol–water partition coefficient (Wildman–Crippen LogP) is 2.57. The number of hydrogen-bond donors (Lipinski definition) is 1. The molecule has 0 bridgehead atoms. The maximum Gasteiger partial charge on any atom is 0.252 e. The fourth-order valence-electron chi connectivity index (χ4n) is 1.22. The highest BCUT2D eigenvalue weighted by Gasteiger charge is 2.14. The van der Waals surface area contributed by atoms with Gasteiger partial charge in [-0.25, -0.2) is 4.39 Å². The second-order valence-electron chi connectivity index (χ2n) is 3.36. The molecule has 1 unspecified atom stereocenters. The van der Waals surface area contributed by atoms with Gasteiger partial charge in [-0.1, -0.05) is 6.07 Å². The van der Waals surface area contributed by atoms with Gasteiger partial charge in [0.25, 0.3) is 5.91 Å². The molecule has 0 aliphatic rings. The number of halogens is 3. The monoisotopic (exact) mass is 323 g/mol. The summed E-state index contributed by atoms with van der Waals surface area (Å²) < 4.78 is 18.2. The maximum absolute atomic E-state index is 13.2. The maximum atomic E-state index is 13.2. The number of carbonyl (C=O) groups is 1. The van der Waals surface area contributed by atoms with E-state index in [1.165, 1.54) is 25.3 Å². The summed E-state index contributed by atoms with van der Waals surface area (Å²) in [6.07, 6.45) is 0. The molecule has 0 heterocycles. The van der Waals surface area contributed by atoms with Crippen LogP contribution in [0.3, 0.4) is 0 Å². The van der Waals surface area contributed by atoms with Crippen molar-refractivity contribution >= 4 is 33.4 Å². The van der Waals surface area contributed by atoms with Crippen molar-refractivity contribution in [1.82, 2.24) is 5.32 Å². The quantitative estimate of drug-likeness (QED) is 0.846. The molecule has 0 aromatic heterocycles. The molecule has 0 fully saturated rings. The summed E-state index contributed by atoms with van der Waals surface area (Å²) in [7, 11) is 1.53. The van der Waals surface area contributed by atoms with Gasteiger partial charge in [-0.2, -0.15) is 0 Å². The van der Waals surface area contributed by atoms with Crippen molar-refractivity contribution in [3.63, 3.8) is 0 Å². The number of amides is 1. The Hall–Kier alpha value is -0.650. The zero-order valence-electron chi connectivity index (χ0n) is 9.17. The van der Waals surface area contributed by atoms with Gasteiger partial charge in [0, 0.05) is 13.7 Å². The van der Waals surface area contributed by atoms with Crippen molar-refractivity contribution in [2.75, 3.05) is 20.3 Å². The van der Waals surface area contributed by atoms with Gasteiger partial charge >= 0.3 is 0 Å². The zero-order chi connectivity index (χ0) is 12.8. The highest BCUT2D eigenvalue weighted by Crippen LogP contribution is 2.20. The van der Waals surface area contributed by atoms with Crippen molar-refractivity contribution in [3.05, 3.63) is 34.1 Å². The first kappa shape index (κ1) is 14.4.